The second-order valence-electron chi connectivity index (χ2n) is 5.68. The van der Waals surface area contributed by atoms with Gasteiger partial charge in [-0.1, -0.05) is 23.7 Å². The van der Waals surface area contributed by atoms with Crippen LogP contribution in [0.25, 0.3) is 10.8 Å². The second kappa shape index (κ2) is 8.97. The van der Waals surface area contributed by atoms with Crippen molar-refractivity contribution in [3.63, 3.8) is 0 Å². The van der Waals surface area contributed by atoms with Gasteiger partial charge in [0.25, 0.3) is 0 Å². The number of thioether (sulfide) groups is 1. The number of anilines is 1. The molecule has 0 atom stereocenters. The van der Waals surface area contributed by atoms with E-state index in [1.54, 1.807) is 25.4 Å². The Morgan fingerprint density at radius 3 is 2.93 bits per heavy atom. The zero-order valence-electron chi connectivity index (χ0n) is 14.8. The van der Waals surface area contributed by atoms with E-state index in [0.29, 0.717) is 17.3 Å². The Bertz CT molecular complexity index is 960. The zero-order chi connectivity index (χ0) is 19.2. The topological polar surface area (TPSA) is 74.4 Å². The molecule has 0 saturated heterocycles. The molecular weight excluding hydrogens is 384 g/mol. The summed E-state index contributed by atoms with van der Waals surface area (Å²) in [6.07, 6.45) is 3.51. The minimum absolute atomic E-state index is 0.195. The van der Waals surface area contributed by atoms with Crippen LogP contribution >= 0.6 is 23.4 Å². The number of nitrogens with two attached hydrogens (primary N) is 1. The first kappa shape index (κ1) is 19.3. The number of aromatic nitrogens is 1. The average molecular weight is 403 g/mol. The lowest BCUT2D eigenvalue weighted by Gasteiger charge is -2.15. The van der Waals surface area contributed by atoms with Gasteiger partial charge in [0.05, 0.1) is 23.1 Å². The second-order valence-corrected chi connectivity index (χ2v) is 7.08. The van der Waals surface area contributed by atoms with E-state index in [9.17, 15) is 4.79 Å². The van der Waals surface area contributed by atoms with Gasteiger partial charge in [-0.15, -0.1) is 11.8 Å². The van der Waals surface area contributed by atoms with Crippen LogP contribution in [-0.2, 0) is 16.1 Å². The standard InChI is InChI=1S/C20H19ClN2O3S/c1-2-25-19(24)12-27-18-7-6-16(22)20(21)15(18)11-26-17-5-3-4-13-10-23-9-8-14(13)17/h3-10H,2,11-12,22H2,1H3. The number of pyridine rings is 1. The number of hydrogen-bond acceptors (Lipinski definition) is 6. The molecule has 3 rings (SSSR count). The first-order valence-electron chi connectivity index (χ1n) is 8.41. The highest BCUT2D eigenvalue weighted by molar-refractivity contribution is 8.00. The Hall–Kier alpha value is -2.44. The van der Waals surface area contributed by atoms with Crippen LogP contribution in [0.4, 0.5) is 5.69 Å². The molecule has 0 fully saturated rings. The van der Waals surface area contributed by atoms with Crippen LogP contribution in [0.5, 0.6) is 5.75 Å². The van der Waals surface area contributed by atoms with Gasteiger partial charge in [0, 0.05) is 33.6 Å². The zero-order valence-corrected chi connectivity index (χ0v) is 16.3. The van der Waals surface area contributed by atoms with E-state index < -0.39 is 0 Å². The van der Waals surface area contributed by atoms with E-state index in [1.807, 2.05) is 30.3 Å². The lowest BCUT2D eigenvalue weighted by atomic mass is 10.1. The average Bonchev–Trinajstić information content (AvgIpc) is 2.68. The Morgan fingerprint density at radius 2 is 2.11 bits per heavy atom. The van der Waals surface area contributed by atoms with Crippen LogP contribution in [-0.4, -0.2) is 23.3 Å². The highest BCUT2D eigenvalue weighted by atomic mass is 35.5. The molecule has 0 amide bonds. The number of halogens is 1. The monoisotopic (exact) mass is 402 g/mol. The quantitative estimate of drug-likeness (QED) is 0.350. The van der Waals surface area contributed by atoms with Gasteiger partial charge in [0.15, 0.2) is 0 Å². The van der Waals surface area contributed by atoms with Crippen LogP contribution in [0.3, 0.4) is 0 Å². The lowest BCUT2D eigenvalue weighted by Crippen LogP contribution is -2.07. The summed E-state index contributed by atoms with van der Waals surface area (Å²) in [5.74, 6) is 0.653. The van der Waals surface area contributed by atoms with Gasteiger partial charge in [-0.05, 0) is 31.2 Å². The van der Waals surface area contributed by atoms with E-state index >= 15 is 0 Å². The Kier molecular flexibility index (Phi) is 6.42. The summed E-state index contributed by atoms with van der Waals surface area (Å²) >= 11 is 7.77. The summed E-state index contributed by atoms with van der Waals surface area (Å²) in [6.45, 7) is 2.37. The summed E-state index contributed by atoms with van der Waals surface area (Å²) in [4.78, 5) is 16.6. The van der Waals surface area contributed by atoms with E-state index in [2.05, 4.69) is 4.98 Å². The number of carbonyl (C=O) groups excluding carboxylic acids is 1. The summed E-state index contributed by atoms with van der Waals surface area (Å²) in [5, 5.41) is 2.39. The van der Waals surface area contributed by atoms with Crippen molar-refractivity contribution in [2.24, 2.45) is 0 Å². The van der Waals surface area contributed by atoms with E-state index in [0.717, 1.165) is 27.0 Å². The number of ether oxygens (including phenoxy) is 2. The Morgan fingerprint density at radius 1 is 1.26 bits per heavy atom. The van der Waals surface area contributed by atoms with Crippen LogP contribution in [0, 0.1) is 0 Å². The first-order chi connectivity index (χ1) is 13.1. The molecule has 140 valence electrons. The highest BCUT2D eigenvalue weighted by Crippen LogP contribution is 2.34. The van der Waals surface area contributed by atoms with Gasteiger partial charge in [0.2, 0.25) is 0 Å². The number of nitrogen functional groups attached to an aromatic ring is 1. The van der Waals surface area contributed by atoms with Crippen molar-refractivity contribution in [1.29, 1.82) is 0 Å². The highest BCUT2D eigenvalue weighted by Gasteiger charge is 2.14. The van der Waals surface area contributed by atoms with Gasteiger partial charge < -0.3 is 15.2 Å². The Labute approximate surface area is 166 Å². The minimum atomic E-state index is -0.274. The summed E-state index contributed by atoms with van der Waals surface area (Å²) in [6, 6.07) is 11.3. The number of fused-ring (bicyclic) bond motifs is 1. The van der Waals surface area contributed by atoms with Crippen molar-refractivity contribution < 1.29 is 14.3 Å². The van der Waals surface area contributed by atoms with Crippen molar-refractivity contribution in [1.82, 2.24) is 4.98 Å². The molecule has 1 heterocycles. The fourth-order valence-electron chi connectivity index (χ4n) is 2.60. The molecule has 0 radical (unpaired) electrons. The molecule has 0 spiro atoms. The molecule has 0 unspecified atom stereocenters. The maximum Gasteiger partial charge on any atom is 0.316 e. The first-order valence-corrected chi connectivity index (χ1v) is 9.77. The van der Waals surface area contributed by atoms with E-state index in [-0.39, 0.29) is 18.3 Å². The number of hydrogen-bond donors (Lipinski definition) is 1. The van der Waals surface area contributed by atoms with Gasteiger partial charge in [0.1, 0.15) is 12.4 Å². The third-order valence-electron chi connectivity index (χ3n) is 3.89. The number of nitrogens with zero attached hydrogens (tertiary/aromatic N) is 1. The third kappa shape index (κ3) is 4.64. The largest absolute Gasteiger partial charge is 0.488 e. The predicted molar refractivity (Wildman–Crippen MR) is 109 cm³/mol. The van der Waals surface area contributed by atoms with Crippen molar-refractivity contribution in [2.45, 2.75) is 18.4 Å². The molecule has 0 bridgehead atoms. The summed E-state index contributed by atoms with van der Waals surface area (Å²) in [7, 11) is 0. The normalized spacial score (nSPS) is 10.7. The molecule has 0 aliphatic rings. The number of benzene rings is 2. The van der Waals surface area contributed by atoms with Gasteiger partial charge >= 0.3 is 5.97 Å². The molecular formula is C20H19ClN2O3S. The molecule has 2 aromatic carbocycles. The van der Waals surface area contributed by atoms with Crippen molar-refractivity contribution in [3.05, 3.63) is 59.4 Å². The smallest absolute Gasteiger partial charge is 0.316 e. The fourth-order valence-corrected chi connectivity index (χ4v) is 3.73. The van der Waals surface area contributed by atoms with Crippen LogP contribution < -0.4 is 10.5 Å². The number of esters is 1. The van der Waals surface area contributed by atoms with Gasteiger partial charge in [-0.25, -0.2) is 0 Å². The number of rotatable bonds is 7. The predicted octanol–water partition coefficient (Wildman–Crippen LogP) is 4.70. The number of carbonyl (C=O) groups is 1. The molecule has 0 saturated carbocycles. The summed E-state index contributed by atoms with van der Waals surface area (Å²) in [5.41, 5.74) is 7.17. The van der Waals surface area contributed by atoms with Crippen molar-refractivity contribution >= 4 is 45.8 Å². The molecule has 2 N–H and O–H groups in total. The SMILES string of the molecule is CCOC(=O)CSc1ccc(N)c(Cl)c1COc1cccc2cnccc12. The van der Waals surface area contributed by atoms with E-state index in [1.165, 1.54) is 11.8 Å². The van der Waals surface area contributed by atoms with Crippen LogP contribution in [0.2, 0.25) is 5.02 Å². The maximum absolute atomic E-state index is 11.7. The fraction of sp³-hybridized carbons (Fsp3) is 0.200. The third-order valence-corrected chi connectivity index (χ3v) is 5.41. The van der Waals surface area contributed by atoms with Gasteiger partial charge in [-0.2, -0.15) is 0 Å². The summed E-state index contributed by atoms with van der Waals surface area (Å²) < 4.78 is 11.0. The van der Waals surface area contributed by atoms with E-state index in [4.69, 9.17) is 26.8 Å². The van der Waals surface area contributed by atoms with Crippen LogP contribution in [0.15, 0.2) is 53.7 Å². The van der Waals surface area contributed by atoms with Crippen LogP contribution in [0.1, 0.15) is 12.5 Å². The lowest BCUT2D eigenvalue weighted by molar-refractivity contribution is -0.139. The molecule has 27 heavy (non-hydrogen) atoms. The minimum Gasteiger partial charge on any atom is -0.488 e. The van der Waals surface area contributed by atoms with Crippen molar-refractivity contribution in [3.8, 4) is 5.75 Å². The Balaban J connectivity index is 1.82. The molecule has 5 nitrogen and oxygen atoms in total. The van der Waals surface area contributed by atoms with Crippen molar-refractivity contribution in [2.75, 3.05) is 18.1 Å². The van der Waals surface area contributed by atoms with Gasteiger partial charge in [-0.3, -0.25) is 9.78 Å². The molecule has 0 aliphatic carbocycles. The molecule has 7 heteroatoms. The molecule has 3 aromatic rings. The molecule has 1 aromatic heterocycles. The molecule has 0 aliphatic heterocycles. The maximum atomic E-state index is 11.7.